The van der Waals surface area contributed by atoms with Gasteiger partial charge in [-0.2, -0.15) is 0 Å². The van der Waals surface area contributed by atoms with E-state index in [0.29, 0.717) is 5.69 Å². The Labute approximate surface area is 115 Å². The molecule has 2 aromatic rings. The highest BCUT2D eigenvalue weighted by atomic mass is 32.1. The average molecular weight is 276 g/mol. The summed E-state index contributed by atoms with van der Waals surface area (Å²) in [6.07, 6.45) is 0.900. The number of thiophene rings is 1. The lowest BCUT2D eigenvalue weighted by atomic mass is 10.1. The standard InChI is InChI=1S/C14H16N2O2S/c1-2-10(12-7-4-8-19-12)16-11-6-3-5-9(13(11)15)14(17)18/h3-8,10,16H,2,15H2,1H3,(H,17,18). The van der Waals surface area contributed by atoms with Gasteiger partial charge in [-0.3, -0.25) is 0 Å². The Balaban J connectivity index is 2.28. The second-order valence-corrected chi connectivity index (χ2v) is 5.17. The van der Waals surface area contributed by atoms with E-state index < -0.39 is 5.97 Å². The maximum Gasteiger partial charge on any atom is 0.337 e. The number of para-hydroxylation sites is 1. The number of carbonyl (C=O) groups is 1. The molecular formula is C14H16N2O2S. The number of anilines is 2. The van der Waals surface area contributed by atoms with E-state index in [1.54, 1.807) is 23.5 Å². The summed E-state index contributed by atoms with van der Waals surface area (Å²) in [6, 6.07) is 9.21. The fraction of sp³-hybridized carbons (Fsp3) is 0.214. The third-order valence-electron chi connectivity index (χ3n) is 2.96. The molecule has 1 unspecified atom stereocenters. The van der Waals surface area contributed by atoms with Gasteiger partial charge in [0.25, 0.3) is 0 Å². The number of nitrogens with one attached hydrogen (secondary N) is 1. The number of hydrogen-bond donors (Lipinski definition) is 3. The van der Waals surface area contributed by atoms with Crippen LogP contribution in [0.15, 0.2) is 35.7 Å². The first kappa shape index (κ1) is 13.4. The zero-order chi connectivity index (χ0) is 13.8. The first-order chi connectivity index (χ1) is 9.13. The monoisotopic (exact) mass is 276 g/mol. The van der Waals surface area contributed by atoms with Gasteiger partial charge in [-0.15, -0.1) is 11.3 Å². The van der Waals surface area contributed by atoms with E-state index in [-0.39, 0.29) is 17.3 Å². The molecule has 0 spiro atoms. The summed E-state index contributed by atoms with van der Waals surface area (Å²) in [4.78, 5) is 12.3. The number of aromatic carboxylic acids is 1. The van der Waals surface area contributed by atoms with Crippen LogP contribution in [0.5, 0.6) is 0 Å². The van der Waals surface area contributed by atoms with Gasteiger partial charge in [0.15, 0.2) is 0 Å². The molecule has 0 radical (unpaired) electrons. The summed E-state index contributed by atoms with van der Waals surface area (Å²) < 4.78 is 0. The van der Waals surface area contributed by atoms with Gasteiger partial charge in [0, 0.05) is 4.88 Å². The van der Waals surface area contributed by atoms with Gasteiger partial charge in [0.1, 0.15) is 0 Å². The zero-order valence-corrected chi connectivity index (χ0v) is 11.4. The molecule has 0 saturated heterocycles. The lowest BCUT2D eigenvalue weighted by molar-refractivity contribution is 0.0698. The summed E-state index contributed by atoms with van der Waals surface area (Å²) in [7, 11) is 0. The second-order valence-electron chi connectivity index (χ2n) is 4.19. The van der Waals surface area contributed by atoms with E-state index in [1.807, 2.05) is 11.4 Å². The molecule has 1 aromatic heterocycles. The zero-order valence-electron chi connectivity index (χ0n) is 10.6. The molecule has 0 amide bonds. The van der Waals surface area contributed by atoms with Crippen molar-refractivity contribution >= 4 is 28.7 Å². The van der Waals surface area contributed by atoms with E-state index >= 15 is 0 Å². The SMILES string of the molecule is CCC(Nc1cccc(C(=O)O)c1N)c1cccs1. The van der Waals surface area contributed by atoms with Crippen LogP contribution < -0.4 is 11.1 Å². The Morgan fingerprint density at radius 2 is 2.21 bits per heavy atom. The minimum atomic E-state index is -1.01. The van der Waals surface area contributed by atoms with Crippen molar-refractivity contribution in [3.05, 3.63) is 46.2 Å². The predicted octanol–water partition coefficient (Wildman–Crippen LogP) is 3.59. The number of nitrogen functional groups attached to an aromatic ring is 1. The van der Waals surface area contributed by atoms with Gasteiger partial charge >= 0.3 is 5.97 Å². The van der Waals surface area contributed by atoms with Crippen LogP contribution in [0.1, 0.15) is 34.6 Å². The third-order valence-corrected chi connectivity index (χ3v) is 3.95. The smallest absolute Gasteiger partial charge is 0.337 e. The van der Waals surface area contributed by atoms with Crippen molar-refractivity contribution in [1.82, 2.24) is 0 Å². The van der Waals surface area contributed by atoms with Crippen LogP contribution in [0.2, 0.25) is 0 Å². The first-order valence-electron chi connectivity index (χ1n) is 6.05. The summed E-state index contributed by atoms with van der Waals surface area (Å²) in [5.74, 6) is -1.01. The molecule has 0 fully saturated rings. The molecule has 0 bridgehead atoms. The average Bonchev–Trinajstić information content (AvgIpc) is 2.91. The summed E-state index contributed by atoms with van der Waals surface area (Å²) in [5, 5.41) is 14.4. The molecule has 4 nitrogen and oxygen atoms in total. The van der Waals surface area contributed by atoms with Crippen molar-refractivity contribution in [1.29, 1.82) is 0 Å². The van der Waals surface area contributed by atoms with E-state index in [0.717, 1.165) is 6.42 Å². The minimum absolute atomic E-state index is 0.131. The Bertz CT molecular complexity index is 567. The molecule has 0 saturated carbocycles. The van der Waals surface area contributed by atoms with Crippen molar-refractivity contribution in [2.45, 2.75) is 19.4 Å². The highest BCUT2D eigenvalue weighted by Gasteiger charge is 2.15. The van der Waals surface area contributed by atoms with E-state index in [9.17, 15) is 4.79 Å². The van der Waals surface area contributed by atoms with E-state index in [2.05, 4.69) is 18.3 Å². The van der Waals surface area contributed by atoms with Gasteiger partial charge in [-0.05, 0) is 30.0 Å². The van der Waals surface area contributed by atoms with Gasteiger partial charge in [-0.1, -0.05) is 19.1 Å². The predicted molar refractivity (Wildman–Crippen MR) is 78.8 cm³/mol. The maximum atomic E-state index is 11.1. The number of nitrogens with two attached hydrogens (primary N) is 1. The largest absolute Gasteiger partial charge is 0.478 e. The Morgan fingerprint density at radius 3 is 2.79 bits per heavy atom. The number of carboxylic acids is 1. The van der Waals surface area contributed by atoms with Crippen LogP contribution in [-0.4, -0.2) is 11.1 Å². The van der Waals surface area contributed by atoms with Crippen molar-refractivity contribution < 1.29 is 9.90 Å². The molecule has 2 rings (SSSR count). The Kier molecular flexibility index (Phi) is 4.06. The molecule has 5 heteroatoms. The van der Waals surface area contributed by atoms with Crippen LogP contribution in [0.4, 0.5) is 11.4 Å². The summed E-state index contributed by atoms with van der Waals surface area (Å²) in [6.45, 7) is 2.08. The number of benzene rings is 1. The molecule has 1 atom stereocenters. The minimum Gasteiger partial charge on any atom is -0.478 e. The Morgan fingerprint density at radius 1 is 1.42 bits per heavy atom. The second kappa shape index (κ2) is 5.75. The van der Waals surface area contributed by atoms with Crippen LogP contribution in [0.3, 0.4) is 0 Å². The fourth-order valence-corrected chi connectivity index (χ4v) is 2.79. The molecule has 1 aromatic carbocycles. The number of carboxylic acid groups (broad SMARTS) is 1. The van der Waals surface area contributed by atoms with Gasteiger partial charge in [0.2, 0.25) is 0 Å². The summed E-state index contributed by atoms with van der Waals surface area (Å²) in [5.41, 5.74) is 6.98. The molecule has 0 aliphatic heterocycles. The molecule has 0 aliphatic carbocycles. The molecule has 0 aliphatic rings. The van der Waals surface area contributed by atoms with Crippen molar-refractivity contribution in [3.8, 4) is 0 Å². The van der Waals surface area contributed by atoms with Gasteiger partial charge < -0.3 is 16.2 Å². The van der Waals surface area contributed by atoms with Crippen LogP contribution in [0, 0.1) is 0 Å². The van der Waals surface area contributed by atoms with Crippen molar-refractivity contribution in [2.24, 2.45) is 0 Å². The number of rotatable bonds is 5. The van der Waals surface area contributed by atoms with Gasteiger partial charge in [0.05, 0.1) is 23.0 Å². The highest BCUT2D eigenvalue weighted by Crippen LogP contribution is 2.30. The highest BCUT2D eigenvalue weighted by molar-refractivity contribution is 7.10. The molecule has 1 heterocycles. The van der Waals surface area contributed by atoms with E-state index in [1.165, 1.54) is 10.9 Å². The lowest BCUT2D eigenvalue weighted by Gasteiger charge is -2.19. The lowest BCUT2D eigenvalue weighted by Crippen LogP contribution is -2.12. The number of hydrogen-bond acceptors (Lipinski definition) is 4. The quantitative estimate of drug-likeness (QED) is 0.729. The molecule has 4 N–H and O–H groups in total. The fourth-order valence-electron chi connectivity index (χ4n) is 1.93. The Hall–Kier alpha value is -2.01. The van der Waals surface area contributed by atoms with Crippen molar-refractivity contribution in [3.63, 3.8) is 0 Å². The third kappa shape index (κ3) is 2.88. The molecular weight excluding hydrogens is 260 g/mol. The van der Waals surface area contributed by atoms with Gasteiger partial charge in [-0.25, -0.2) is 4.79 Å². The summed E-state index contributed by atoms with van der Waals surface area (Å²) >= 11 is 1.67. The molecule has 100 valence electrons. The maximum absolute atomic E-state index is 11.1. The normalized spacial score (nSPS) is 12.1. The topological polar surface area (TPSA) is 75.3 Å². The van der Waals surface area contributed by atoms with Crippen LogP contribution in [0.25, 0.3) is 0 Å². The van der Waals surface area contributed by atoms with Crippen LogP contribution >= 0.6 is 11.3 Å². The van der Waals surface area contributed by atoms with Crippen LogP contribution in [-0.2, 0) is 0 Å². The van der Waals surface area contributed by atoms with E-state index in [4.69, 9.17) is 10.8 Å². The van der Waals surface area contributed by atoms with Crippen molar-refractivity contribution in [2.75, 3.05) is 11.1 Å². The first-order valence-corrected chi connectivity index (χ1v) is 6.93. The molecule has 19 heavy (non-hydrogen) atoms.